The number of amides is 2. The fourth-order valence-electron chi connectivity index (χ4n) is 2.50. The van der Waals surface area contributed by atoms with Crippen molar-refractivity contribution in [1.82, 2.24) is 15.2 Å². The largest absolute Gasteiger partial charge is 0.469 e. The van der Waals surface area contributed by atoms with Crippen LogP contribution in [0.4, 0.5) is 0 Å². The number of nitrogens with zero attached hydrogens (tertiary/aromatic N) is 3. The Morgan fingerprint density at radius 2 is 2.14 bits per heavy atom. The van der Waals surface area contributed by atoms with Gasteiger partial charge in [0, 0.05) is 32.0 Å². The number of carbonyl (C=O) groups excluding carboxylic acids is 2. The van der Waals surface area contributed by atoms with Gasteiger partial charge >= 0.3 is 0 Å². The highest BCUT2D eigenvalue weighted by Gasteiger charge is 2.32. The number of hydrogen-bond donors (Lipinski definition) is 0. The van der Waals surface area contributed by atoms with Crippen molar-refractivity contribution in [1.29, 1.82) is 0 Å². The van der Waals surface area contributed by atoms with Crippen LogP contribution in [0.3, 0.4) is 0 Å². The van der Waals surface area contributed by atoms with Gasteiger partial charge in [0.25, 0.3) is 5.91 Å². The third-order valence-corrected chi connectivity index (χ3v) is 3.57. The first kappa shape index (κ1) is 14.4. The van der Waals surface area contributed by atoms with Gasteiger partial charge in [-0.2, -0.15) is 0 Å². The highest BCUT2D eigenvalue weighted by atomic mass is 16.5. The summed E-state index contributed by atoms with van der Waals surface area (Å²) in [5.41, 5.74) is 0.225. The minimum Gasteiger partial charge on any atom is -0.469 e. The average molecular weight is 303 g/mol. The Bertz CT molecular complexity index is 662. The van der Waals surface area contributed by atoms with Crippen molar-refractivity contribution in [3.8, 4) is 0 Å². The van der Waals surface area contributed by atoms with E-state index in [0.717, 1.165) is 12.2 Å². The van der Waals surface area contributed by atoms with Gasteiger partial charge in [0.15, 0.2) is 5.69 Å². The first-order valence-electron chi connectivity index (χ1n) is 7.23. The van der Waals surface area contributed by atoms with Gasteiger partial charge in [-0.3, -0.25) is 14.6 Å². The summed E-state index contributed by atoms with van der Waals surface area (Å²) in [6.07, 6.45) is 3.16. The van der Waals surface area contributed by atoms with Crippen LogP contribution >= 0.6 is 0 Å². The van der Waals surface area contributed by atoms with E-state index < -0.39 is 0 Å². The van der Waals surface area contributed by atoms with E-state index in [1.54, 1.807) is 25.3 Å². The molecule has 0 unspecified atom stereocenters. The molecule has 1 aliphatic rings. The Morgan fingerprint density at radius 1 is 1.32 bits per heavy atom. The molecule has 0 saturated carbocycles. The van der Waals surface area contributed by atoms with Crippen LogP contribution < -0.4 is 0 Å². The molecule has 0 atom stereocenters. The van der Waals surface area contributed by atoms with Gasteiger partial charge in [-0.25, -0.2) is 5.01 Å². The third kappa shape index (κ3) is 2.88. The van der Waals surface area contributed by atoms with Crippen LogP contribution in [0.2, 0.25) is 0 Å². The molecule has 0 bridgehead atoms. The topological polar surface area (TPSA) is 79.8 Å². The Balaban J connectivity index is 1.64. The van der Waals surface area contributed by atoms with Crippen molar-refractivity contribution in [2.24, 2.45) is 0 Å². The summed E-state index contributed by atoms with van der Waals surface area (Å²) in [5, 5.41) is 6.66. The molecule has 0 spiro atoms. The van der Waals surface area contributed by atoms with Gasteiger partial charge in [-0.05, 0) is 25.5 Å². The number of aryl methyl sites for hydroxylation is 2. The fourth-order valence-corrected chi connectivity index (χ4v) is 2.50. The van der Waals surface area contributed by atoms with Crippen molar-refractivity contribution in [3.63, 3.8) is 0 Å². The summed E-state index contributed by atoms with van der Waals surface area (Å²) < 4.78 is 10.1. The first-order valence-corrected chi connectivity index (χ1v) is 7.23. The SMILES string of the molecule is Cc1cc(C(=O)N2CCCN2C(=O)CCc2ccco2)no1. The van der Waals surface area contributed by atoms with E-state index in [1.807, 2.05) is 6.07 Å². The Morgan fingerprint density at radius 3 is 2.82 bits per heavy atom. The van der Waals surface area contributed by atoms with E-state index in [4.69, 9.17) is 8.94 Å². The minimum absolute atomic E-state index is 0.0949. The Kier molecular flexibility index (Phi) is 3.95. The van der Waals surface area contributed by atoms with Crippen molar-refractivity contribution in [3.05, 3.63) is 41.7 Å². The molecular weight excluding hydrogens is 286 g/mol. The summed E-state index contributed by atoms with van der Waals surface area (Å²) in [7, 11) is 0. The quantitative estimate of drug-likeness (QED) is 0.860. The van der Waals surface area contributed by atoms with E-state index in [-0.39, 0.29) is 17.5 Å². The standard InChI is InChI=1S/C15H17N3O4/c1-11-10-13(16-22-11)15(20)18-8-3-7-17(18)14(19)6-5-12-4-2-9-21-12/h2,4,9-10H,3,5-8H2,1H3. The lowest BCUT2D eigenvalue weighted by Crippen LogP contribution is -2.45. The second-order valence-electron chi connectivity index (χ2n) is 5.20. The molecule has 116 valence electrons. The lowest BCUT2D eigenvalue weighted by molar-refractivity contribution is -0.140. The number of hydrogen-bond acceptors (Lipinski definition) is 5. The van der Waals surface area contributed by atoms with Crippen molar-refractivity contribution in [2.75, 3.05) is 13.1 Å². The molecule has 1 fully saturated rings. The molecule has 3 heterocycles. The van der Waals surface area contributed by atoms with Crippen LogP contribution in [0, 0.1) is 6.92 Å². The molecule has 0 aromatic carbocycles. The number of furan rings is 1. The van der Waals surface area contributed by atoms with Gasteiger partial charge in [0.05, 0.1) is 6.26 Å². The van der Waals surface area contributed by atoms with E-state index >= 15 is 0 Å². The number of hydrazine groups is 1. The van der Waals surface area contributed by atoms with E-state index in [1.165, 1.54) is 10.0 Å². The summed E-state index contributed by atoms with van der Waals surface area (Å²) in [6, 6.07) is 5.20. The van der Waals surface area contributed by atoms with Crippen molar-refractivity contribution in [2.45, 2.75) is 26.2 Å². The van der Waals surface area contributed by atoms with E-state index in [9.17, 15) is 9.59 Å². The number of carbonyl (C=O) groups is 2. The maximum atomic E-state index is 12.4. The van der Waals surface area contributed by atoms with Crippen LogP contribution in [-0.4, -0.2) is 40.1 Å². The second-order valence-corrected chi connectivity index (χ2v) is 5.20. The summed E-state index contributed by atoms with van der Waals surface area (Å²) in [4.78, 5) is 24.7. The van der Waals surface area contributed by atoms with Crippen LogP contribution in [0.15, 0.2) is 33.4 Å². The van der Waals surface area contributed by atoms with Crippen LogP contribution in [0.1, 0.15) is 34.9 Å². The molecule has 3 rings (SSSR count). The van der Waals surface area contributed by atoms with Crippen LogP contribution in [0.25, 0.3) is 0 Å². The summed E-state index contributed by atoms with van der Waals surface area (Å²) in [6.45, 7) is 2.77. The van der Waals surface area contributed by atoms with E-state index in [2.05, 4.69) is 5.16 Å². The van der Waals surface area contributed by atoms with Crippen molar-refractivity contribution < 1.29 is 18.5 Å². The van der Waals surface area contributed by atoms with Gasteiger partial charge in [0.1, 0.15) is 11.5 Å². The lowest BCUT2D eigenvalue weighted by Gasteiger charge is -2.27. The monoisotopic (exact) mass is 303 g/mol. The molecular formula is C15H17N3O4. The zero-order chi connectivity index (χ0) is 15.5. The normalized spacial score (nSPS) is 14.6. The smallest absolute Gasteiger partial charge is 0.294 e. The zero-order valence-electron chi connectivity index (χ0n) is 12.3. The highest BCUT2D eigenvalue weighted by Crippen LogP contribution is 2.17. The molecule has 0 aliphatic carbocycles. The lowest BCUT2D eigenvalue weighted by atomic mass is 10.2. The van der Waals surface area contributed by atoms with Gasteiger partial charge in [0.2, 0.25) is 5.91 Å². The predicted molar refractivity (Wildman–Crippen MR) is 75.6 cm³/mol. The molecule has 0 radical (unpaired) electrons. The molecule has 22 heavy (non-hydrogen) atoms. The first-order chi connectivity index (χ1) is 10.6. The van der Waals surface area contributed by atoms with Gasteiger partial charge in [-0.1, -0.05) is 5.16 Å². The maximum absolute atomic E-state index is 12.4. The van der Waals surface area contributed by atoms with Crippen molar-refractivity contribution >= 4 is 11.8 Å². The molecule has 2 aromatic rings. The zero-order valence-corrected chi connectivity index (χ0v) is 12.3. The summed E-state index contributed by atoms with van der Waals surface area (Å²) in [5.74, 6) is 0.930. The molecule has 2 amide bonds. The molecule has 7 heteroatoms. The maximum Gasteiger partial charge on any atom is 0.294 e. The molecule has 1 saturated heterocycles. The third-order valence-electron chi connectivity index (χ3n) is 3.57. The fraction of sp³-hybridized carbons (Fsp3) is 0.400. The minimum atomic E-state index is -0.305. The van der Waals surface area contributed by atoms with E-state index in [0.29, 0.717) is 31.7 Å². The predicted octanol–water partition coefficient (Wildman–Crippen LogP) is 1.80. The molecule has 7 nitrogen and oxygen atoms in total. The molecule has 2 aromatic heterocycles. The Labute approximate surface area is 127 Å². The second kappa shape index (κ2) is 6.05. The summed E-state index contributed by atoms with van der Waals surface area (Å²) >= 11 is 0. The Hall–Kier alpha value is -2.57. The number of aromatic nitrogens is 1. The molecule has 1 aliphatic heterocycles. The highest BCUT2D eigenvalue weighted by molar-refractivity contribution is 5.94. The van der Waals surface area contributed by atoms with Crippen LogP contribution in [0.5, 0.6) is 0 Å². The molecule has 0 N–H and O–H groups in total. The van der Waals surface area contributed by atoms with Gasteiger partial charge in [-0.15, -0.1) is 0 Å². The average Bonchev–Trinajstić information content (AvgIpc) is 3.24. The van der Waals surface area contributed by atoms with Crippen LogP contribution in [-0.2, 0) is 11.2 Å². The van der Waals surface area contributed by atoms with Gasteiger partial charge < -0.3 is 8.94 Å². The number of rotatable bonds is 4.